The van der Waals surface area contributed by atoms with Gasteiger partial charge in [0.2, 0.25) is 0 Å². The highest BCUT2D eigenvalue weighted by Gasteiger charge is 2.09. The second kappa shape index (κ2) is 6.06. The third kappa shape index (κ3) is 5.73. The monoisotopic (exact) mass is 236 g/mol. The Balaban J connectivity index is 2.39. The predicted molar refractivity (Wildman–Crippen MR) is 71.3 cm³/mol. The van der Waals surface area contributed by atoms with E-state index in [1.54, 1.807) is 6.92 Å². The maximum absolute atomic E-state index is 9.47. The van der Waals surface area contributed by atoms with Gasteiger partial charge in [0, 0.05) is 0 Å². The first-order valence-corrected chi connectivity index (χ1v) is 6.29. The molecule has 0 fully saturated rings. The Morgan fingerprint density at radius 3 is 2.59 bits per heavy atom. The van der Waals surface area contributed by atoms with E-state index in [-0.39, 0.29) is 0 Å². The van der Waals surface area contributed by atoms with E-state index in [2.05, 4.69) is 20.8 Å². The van der Waals surface area contributed by atoms with Crippen LogP contribution in [0.4, 0.5) is 0 Å². The van der Waals surface area contributed by atoms with Gasteiger partial charge in [-0.15, -0.1) is 0 Å². The van der Waals surface area contributed by atoms with Gasteiger partial charge in [0.15, 0.2) is 0 Å². The van der Waals surface area contributed by atoms with Gasteiger partial charge in [-0.2, -0.15) is 0 Å². The molecule has 96 valence electrons. The molecule has 1 aromatic rings. The molecular weight excluding hydrogens is 212 g/mol. The van der Waals surface area contributed by atoms with Crippen LogP contribution in [-0.2, 0) is 0 Å². The van der Waals surface area contributed by atoms with E-state index in [0.717, 1.165) is 30.8 Å². The molecule has 1 rings (SSSR count). The zero-order valence-electron chi connectivity index (χ0n) is 11.4. The topological polar surface area (TPSA) is 29.5 Å². The molecule has 0 aliphatic rings. The summed E-state index contributed by atoms with van der Waals surface area (Å²) in [6, 6.07) is 7.67. The highest BCUT2D eigenvalue weighted by Crippen LogP contribution is 2.22. The van der Waals surface area contributed by atoms with E-state index in [9.17, 15) is 5.11 Å². The second-order valence-corrected chi connectivity index (χ2v) is 5.76. The molecule has 0 bridgehead atoms. The van der Waals surface area contributed by atoms with Crippen LogP contribution < -0.4 is 4.74 Å². The van der Waals surface area contributed by atoms with Crippen molar-refractivity contribution < 1.29 is 9.84 Å². The van der Waals surface area contributed by atoms with Gasteiger partial charge in [-0.1, -0.05) is 32.9 Å². The first-order valence-electron chi connectivity index (χ1n) is 6.29. The number of benzene rings is 1. The normalized spacial score (nSPS) is 13.5. The molecule has 1 atom stereocenters. The van der Waals surface area contributed by atoms with E-state index in [1.165, 1.54) is 0 Å². The lowest BCUT2D eigenvalue weighted by atomic mass is 9.91. The molecule has 1 aromatic carbocycles. The third-order valence-electron chi connectivity index (χ3n) is 2.68. The van der Waals surface area contributed by atoms with Crippen molar-refractivity contribution in [1.29, 1.82) is 0 Å². The Kier molecular flexibility index (Phi) is 5.01. The number of hydrogen-bond acceptors (Lipinski definition) is 2. The molecule has 0 unspecified atom stereocenters. The number of rotatable bonds is 5. The Morgan fingerprint density at radius 2 is 2.00 bits per heavy atom. The highest BCUT2D eigenvalue weighted by molar-refractivity contribution is 5.29. The van der Waals surface area contributed by atoms with E-state index in [1.807, 2.05) is 24.3 Å². The summed E-state index contributed by atoms with van der Waals surface area (Å²) in [7, 11) is 0. The van der Waals surface area contributed by atoms with Crippen LogP contribution >= 0.6 is 0 Å². The van der Waals surface area contributed by atoms with Gasteiger partial charge < -0.3 is 9.84 Å². The molecule has 0 saturated heterocycles. The Hall–Kier alpha value is -1.02. The summed E-state index contributed by atoms with van der Waals surface area (Å²) in [5, 5.41) is 9.47. The number of aliphatic hydroxyl groups excluding tert-OH is 1. The van der Waals surface area contributed by atoms with Crippen molar-refractivity contribution in [2.75, 3.05) is 6.61 Å². The van der Waals surface area contributed by atoms with Crippen LogP contribution in [0.3, 0.4) is 0 Å². The molecular formula is C15H24O2. The first-order chi connectivity index (χ1) is 7.88. The van der Waals surface area contributed by atoms with Gasteiger partial charge in [-0.25, -0.2) is 0 Å². The molecule has 0 radical (unpaired) electrons. The van der Waals surface area contributed by atoms with Crippen LogP contribution in [0, 0.1) is 5.41 Å². The maximum atomic E-state index is 9.47. The standard InChI is InChI=1S/C15H24O2/c1-12(16)13-7-5-8-14(11-13)17-10-6-9-15(2,3)4/h5,7-8,11-12,16H,6,9-10H2,1-4H3/t12-/m1/s1. The van der Waals surface area contributed by atoms with Gasteiger partial charge in [0.25, 0.3) is 0 Å². The number of aliphatic hydroxyl groups is 1. The Morgan fingerprint density at radius 1 is 1.29 bits per heavy atom. The zero-order chi connectivity index (χ0) is 12.9. The van der Waals surface area contributed by atoms with E-state index >= 15 is 0 Å². The molecule has 0 spiro atoms. The summed E-state index contributed by atoms with van der Waals surface area (Å²) in [5.74, 6) is 0.845. The molecule has 1 N–H and O–H groups in total. The lowest BCUT2D eigenvalue weighted by molar-refractivity contribution is 0.198. The summed E-state index contributed by atoms with van der Waals surface area (Å²) in [5.41, 5.74) is 1.27. The molecule has 17 heavy (non-hydrogen) atoms. The van der Waals surface area contributed by atoms with Crippen LogP contribution in [0.25, 0.3) is 0 Å². The van der Waals surface area contributed by atoms with Gasteiger partial charge >= 0.3 is 0 Å². The van der Waals surface area contributed by atoms with Crippen molar-refractivity contribution in [3.8, 4) is 5.75 Å². The van der Waals surface area contributed by atoms with Crippen LogP contribution in [0.5, 0.6) is 5.75 Å². The smallest absolute Gasteiger partial charge is 0.119 e. The SMILES string of the molecule is C[C@@H](O)c1cccc(OCCCC(C)(C)C)c1. The fourth-order valence-electron chi connectivity index (χ4n) is 1.66. The summed E-state index contributed by atoms with van der Waals surface area (Å²) >= 11 is 0. The average molecular weight is 236 g/mol. The van der Waals surface area contributed by atoms with E-state index in [0.29, 0.717) is 5.41 Å². The minimum Gasteiger partial charge on any atom is -0.494 e. The summed E-state index contributed by atoms with van der Waals surface area (Å²) in [6.07, 6.45) is 1.78. The van der Waals surface area contributed by atoms with Crippen molar-refractivity contribution in [3.63, 3.8) is 0 Å². The third-order valence-corrected chi connectivity index (χ3v) is 2.68. The van der Waals surface area contributed by atoms with Gasteiger partial charge in [0.1, 0.15) is 5.75 Å². The summed E-state index contributed by atoms with van der Waals surface area (Å²) in [6.45, 7) is 9.21. The average Bonchev–Trinajstić information content (AvgIpc) is 2.23. The summed E-state index contributed by atoms with van der Waals surface area (Å²) in [4.78, 5) is 0. The molecule has 0 amide bonds. The van der Waals surface area contributed by atoms with Crippen molar-refractivity contribution in [1.82, 2.24) is 0 Å². The van der Waals surface area contributed by atoms with Crippen molar-refractivity contribution in [2.24, 2.45) is 5.41 Å². The molecule has 2 heteroatoms. The van der Waals surface area contributed by atoms with Crippen molar-refractivity contribution in [2.45, 2.75) is 46.6 Å². The first kappa shape index (κ1) is 14.0. The van der Waals surface area contributed by atoms with Gasteiger partial charge in [-0.3, -0.25) is 0 Å². The second-order valence-electron chi connectivity index (χ2n) is 5.76. The quantitative estimate of drug-likeness (QED) is 0.784. The van der Waals surface area contributed by atoms with E-state index < -0.39 is 6.10 Å². The minimum atomic E-state index is -0.437. The number of ether oxygens (including phenoxy) is 1. The summed E-state index contributed by atoms with van der Waals surface area (Å²) < 4.78 is 5.68. The molecule has 0 heterocycles. The highest BCUT2D eigenvalue weighted by atomic mass is 16.5. The molecule has 0 aliphatic carbocycles. The molecule has 0 saturated carbocycles. The Labute approximate surface area is 105 Å². The van der Waals surface area contributed by atoms with Crippen molar-refractivity contribution in [3.05, 3.63) is 29.8 Å². The zero-order valence-corrected chi connectivity index (χ0v) is 11.4. The van der Waals surface area contributed by atoms with Crippen LogP contribution in [0.2, 0.25) is 0 Å². The fourth-order valence-corrected chi connectivity index (χ4v) is 1.66. The van der Waals surface area contributed by atoms with Gasteiger partial charge in [0.05, 0.1) is 12.7 Å². The van der Waals surface area contributed by atoms with Gasteiger partial charge in [-0.05, 0) is 42.9 Å². The minimum absolute atomic E-state index is 0.366. The fraction of sp³-hybridized carbons (Fsp3) is 0.600. The molecule has 0 aliphatic heterocycles. The largest absolute Gasteiger partial charge is 0.494 e. The molecule has 2 nitrogen and oxygen atoms in total. The number of hydrogen-bond donors (Lipinski definition) is 1. The molecule has 0 aromatic heterocycles. The lowest BCUT2D eigenvalue weighted by Gasteiger charge is -2.17. The van der Waals surface area contributed by atoms with Crippen LogP contribution in [0.15, 0.2) is 24.3 Å². The van der Waals surface area contributed by atoms with Crippen LogP contribution in [-0.4, -0.2) is 11.7 Å². The predicted octanol–water partition coefficient (Wildman–Crippen LogP) is 3.95. The maximum Gasteiger partial charge on any atom is 0.119 e. The van der Waals surface area contributed by atoms with Crippen molar-refractivity contribution >= 4 is 0 Å². The Bertz CT molecular complexity index is 337. The lowest BCUT2D eigenvalue weighted by Crippen LogP contribution is -2.08. The van der Waals surface area contributed by atoms with Crippen LogP contribution in [0.1, 0.15) is 52.2 Å². The van der Waals surface area contributed by atoms with E-state index in [4.69, 9.17) is 4.74 Å².